The minimum Gasteiger partial charge on any atom is -0.464 e. The number of ether oxygens (including phenoxy) is 3. The maximum absolute atomic E-state index is 14.4. The average molecular weight is 266 g/mol. The first-order chi connectivity index (χ1) is 8.27. The van der Waals surface area contributed by atoms with Crippen LogP contribution in [0.4, 0.5) is 8.78 Å². The Bertz CT molecular complexity index is 308. The molecule has 0 radical (unpaired) electrons. The molecule has 0 amide bonds. The number of rotatable bonds is 5. The molecule has 6 heteroatoms. The van der Waals surface area contributed by atoms with Gasteiger partial charge in [-0.1, -0.05) is 6.92 Å². The number of halogens is 2. The second-order valence-electron chi connectivity index (χ2n) is 4.87. The van der Waals surface area contributed by atoms with Crippen molar-refractivity contribution in [3.8, 4) is 0 Å². The Balaban J connectivity index is 2.79. The molecule has 1 aliphatic rings. The summed E-state index contributed by atoms with van der Waals surface area (Å²) in [6.07, 6.45) is -0.676. The number of hydrogen-bond acceptors (Lipinski definition) is 4. The third-order valence-electron chi connectivity index (χ3n) is 3.12. The minimum absolute atomic E-state index is 0.00470. The zero-order valence-electron chi connectivity index (χ0n) is 11.2. The van der Waals surface area contributed by atoms with E-state index in [2.05, 4.69) is 4.74 Å². The van der Waals surface area contributed by atoms with Crippen molar-refractivity contribution in [3.05, 3.63) is 0 Å². The van der Waals surface area contributed by atoms with Gasteiger partial charge in [0.2, 0.25) is 5.67 Å². The van der Waals surface area contributed by atoms with E-state index in [1.165, 1.54) is 6.92 Å². The van der Waals surface area contributed by atoms with Crippen LogP contribution in [0.2, 0.25) is 0 Å². The van der Waals surface area contributed by atoms with Crippen LogP contribution in [0.1, 0.15) is 27.7 Å². The van der Waals surface area contributed by atoms with Gasteiger partial charge in [0.1, 0.15) is 6.67 Å². The summed E-state index contributed by atoms with van der Waals surface area (Å²) in [5, 5.41) is 0. The highest BCUT2D eigenvalue weighted by molar-refractivity contribution is 5.80. The van der Waals surface area contributed by atoms with Crippen molar-refractivity contribution in [2.24, 2.45) is 5.92 Å². The fraction of sp³-hybridized carbons (Fsp3) is 0.917. The van der Waals surface area contributed by atoms with Crippen molar-refractivity contribution in [3.63, 3.8) is 0 Å². The monoisotopic (exact) mass is 266 g/mol. The van der Waals surface area contributed by atoms with Crippen LogP contribution < -0.4 is 0 Å². The van der Waals surface area contributed by atoms with Gasteiger partial charge >= 0.3 is 5.97 Å². The summed E-state index contributed by atoms with van der Waals surface area (Å²) >= 11 is 0. The molecule has 0 aromatic rings. The average Bonchev–Trinajstić information content (AvgIpc) is 2.67. The zero-order chi connectivity index (χ0) is 14.0. The fourth-order valence-electron chi connectivity index (χ4n) is 1.87. The van der Waals surface area contributed by atoms with Gasteiger partial charge in [-0.3, -0.25) is 0 Å². The highest BCUT2D eigenvalue weighted by Gasteiger charge is 2.52. The lowest BCUT2D eigenvalue weighted by atomic mass is 9.87. The molecule has 18 heavy (non-hydrogen) atoms. The molecule has 0 N–H and O–H groups in total. The molecule has 1 heterocycles. The Morgan fingerprint density at radius 2 is 2.22 bits per heavy atom. The molecule has 4 nitrogen and oxygen atoms in total. The SMILES string of the molecule is CCOC(=O)C(F)(CF)C(C)[C@H]1COC(C)(C)O1. The lowest BCUT2D eigenvalue weighted by molar-refractivity contribution is -0.175. The van der Waals surface area contributed by atoms with Crippen molar-refractivity contribution < 1.29 is 27.8 Å². The molecule has 0 bridgehead atoms. The van der Waals surface area contributed by atoms with Crippen molar-refractivity contribution in [1.82, 2.24) is 0 Å². The van der Waals surface area contributed by atoms with E-state index in [0.29, 0.717) is 0 Å². The van der Waals surface area contributed by atoms with Crippen LogP contribution in [-0.2, 0) is 19.0 Å². The summed E-state index contributed by atoms with van der Waals surface area (Å²) in [5.41, 5.74) is -2.69. The van der Waals surface area contributed by atoms with Gasteiger partial charge in [0.15, 0.2) is 5.79 Å². The van der Waals surface area contributed by atoms with Gasteiger partial charge in [-0.15, -0.1) is 0 Å². The lowest BCUT2D eigenvalue weighted by Gasteiger charge is -2.30. The number of esters is 1. The summed E-state index contributed by atoms with van der Waals surface area (Å²) in [4.78, 5) is 11.5. The molecular weight excluding hydrogens is 246 g/mol. The number of carbonyl (C=O) groups excluding carboxylic acids is 1. The second-order valence-corrected chi connectivity index (χ2v) is 4.87. The number of alkyl halides is 2. The predicted octanol–water partition coefficient (Wildman–Crippen LogP) is 2.01. The molecule has 0 saturated carbocycles. The summed E-state index contributed by atoms with van der Waals surface area (Å²) in [6.45, 7) is 5.02. The molecule has 1 rings (SSSR count). The van der Waals surface area contributed by atoms with Crippen molar-refractivity contribution in [2.75, 3.05) is 19.9 Å². The van der Waals surface area contributed by atoms with Crippen molar-refractivity contribution >= 4 is 5.97 Å². The van der Waals surface area contributed by atoms with E-state index in [4.69, 9.17) is 9.47 Å². The van der Waals surface area contributed by atoms with Gasteiger partial charge in [-0.2, -0.15) is 0 Å². The van der Waals surface area contributed by atoms with Gasteiger partial charge < -0.3 is 14.2 Å². The second kappa shape index (κ2) is 5.48. The normalized spacial score (nSPS) is 27.6. The quantitative estimate of drug-likeness (QED) is 0.714. The first-order valence-corrected chi connectivity index (χ1v) is 6.00. The highest BCUT2D eigenvalue weighted by atomic mass is 19.2. The molecule has 1 saturated heterocycles. The fourth-order valence-corrected chi connectivity index (χ4v) is 1.87. The molecule has 0 aromatic carbocycles. The van der Waals surface area contributed by atoms with Crippen LogP contribution in [0.25, 0.3) is 0 Å². The first-order valence-electron chi connectivity index (χ1n) is 6.00. The Kier molecular flexibility index (Phi) is 4.66. The van der Waals surface area contributed by atoms with E-state index >= 15 is 0 Å². The Hall–Kier alpha value is -0.750. The Morgan fingerprint density at radius 1 is 1.61 bits per heavy atom. The molecule has 0 spiro atoms. The zero-order valence-corrected chi connectivity index (χ0v) is 11.2. The van der Waals surface area contributed by atoms with E-state index in [0.717, 1.165) is 0 Å². The number of hydrogen-bond donors (Lipinski definition) is 0. The van der Waals surface area contributed by atoms with Gasteiger partial charge in [-0.25, -0.2) is 13.6 Å². The molecule has 0 aromatic heterocycles. The summed E-state index contributed by atoms with van der Waals surface area (Å²) in [7, 11) is 0. The molecule has 3 atom stereocenters. The van der Waals surface area contributed by atoms with E-state index in [1.807, 2.05) is 0 Å². The van der Waals surface area contributed by atoms with Crippen molar-refractivity contribution in [1.29, 1.82) is 0 Å². The summed E-state index contributed by atoms with van der Waals surface area (Å²) in [5.74, 6) is -3.01. The molecule has 1 aliphatic heterocycles. The predicted molar refractivity (Wildman–Crippen MR) is 60.5 cm³/mol. The van der Waals surface area contributed by atoms with Gasteiger partial charge in [0.25, 0.3) is 0 Å². The molecule has 1 fully saturated rings. The van der Waals surface area contributed by atoms with Gasteiger partial charge in [-0.05, 0) is 20.8 Å². The van der Waals surface area contributed by atoms with Crippen LogP contribution in [0.5, 0.6) is 0 Å². The topological polar surface area (TPSA) is 44.8 Å². The standard InChI is InChI=1S/C12H20F2O4/c1-5-16-10(15)12(14,7-13)8(2)9-6-17-11(3,4)18-9/h8-9H,5-7H2,1-4H3/t8?,9-,12?/m1/s1. The Labute approximate surface area is 106 Å². The molecule has 2 unspecified atom stereocenters. The van der Waals surface area contributed by atoms with E-state index in [9.17, 15) is 13.6 Å². The molecule has 106 valence electrons. The van der Waals surface area contributed by atoms with Crippen LogP contribution in [0.15, 0.2) is 0 Å². The molecular formula is C12H20F2O4. The summed E-state index contributed by atoms with van der Waals surface area (Å²) < 4.78 is 42.7. The number of carbonyl (C=O) groups is 1. The first kappa shape index (κ1) is 15.3. The maximum atomic E-state index is 14.4. The molecule has 0 aliphatic carbocycles. The highest BCUT2D eigenvalue weighted by Crippen LogP contribution is 2.35. The van der Waals surface area contributed by atoms with Gasteiger partial charge in [0, 0.05) is 5.92 Å². The van der Waals surface area contributed by atoms with E-state index < -0.39 is 36.1 Å². The van der Waals surface area contributed by atoms with E-state index in [1.54, 1.807) is 20.8 Å². The van der Waals surface area contributed by atoms with Crippen LogP contribution in [-0.4, -0.2) is 43.4 Å². The summed E-state index contributed by atoms with van der Waals surface area (Å²) in [6, 6.07) is 0. The van der Waals surface area contributed by atoms with Crippen molar-refractivity contribution in [2.45, 2.75) is 45.3 Å². The van der Waals surface area contributed by atoms with E-state index in [-0.39, 0.29) is 13.2 Å². The smallest absolute Gasteiger partial charge is 0.347 e. The van der Waals surface area contributed by atoms with Crippen LogP contribution in [0, 0.1) is 5.92 Å². The van der Waals surface area contributed by atoms with Crippen LogP contribution >= 0.6 is 0 Å². The maximum Gasteiger partial charge on any atom is 0.347 e. The third kappa shape index (κ3) is 2.98. The van der Waals surface area contributed by atoms with Gasteiger partial charge in [0.05, 0.1) is 19.3 Å². The third-order valence-corrected chi connectivity index (χ3v) is 3.12. The lowest BCUT2D eigenvalue weighted by Crippen LogP contribution is -2.49. The Morgan fingerprint density at radius 3 is 2.61 bits per heavy atom. The van der Waals surface area contributed by atoms with Crippen LogP contribution in [0.3, 0.4) is 0 Å². The minimum atomic E-state index is -2.69. The largest absolute Gasteiger partial charge is 0.464 e.